The molecule has 88 valence electrons. The molecule has 0 N–H and O–H groups in total. The van der Waals surface area contributed by atoms with Crippen molar-refractivity contribution in [1.82, 2.24) is 14.9 Å². The lowest BCUT2D eigenvalue weighted by atomic mass is 10.3. The largest absolute Gasteiger partial charge is 0.467 e. The summed E-state index contributed by atoms with van der Waals surface area (Å²) < 4.78 is 4.94. The van der Waals surface area contributed by atoms with Crippen molar-refractivity contribution in [3.05, 3.63) is 17.5 Å². The smallest absolute Gasteiger partial charge is 0.317 e. The summed E-state index contributed by atoms with van der Waals surface area (Å²) in [6, 6.07) is 1.90. The van der Waals surface area contributed by atoms with E-state index in [1.807, 2.05) is 20.8 Å². The van der Waals surface area contributed by atoms with Gasteiger partial charge in [-0.3, -0.25) is 4.79 Å². The van der Waals surface area contributed by atoms with Gasteiger partial charge in [-0.05, 0) is 26.8 Å². The first-order chi connectivity index (χ1) is 7.62. The van der Waals surface area contributed by atoms with Gasteiger partial charge in [-0.15, -0.1) is 0 Å². The number of aryl methyl sites for hydroxylation is 1. The fourth-order valence-corrected chi connectivity index (χ4v) is 1.41. The number of methoxy groups -OCH3 is 1. The average Bonchev–Trinajstić information content (AvgIpc) is 2.29. The Morgan fingerprint density at radius 1 is 1.38 bits per heavy atom. The Morgan fingerprint density at radius 2 is 2.00 bits per heavy atom. The van der Waals surface area contributed by atoms with Crippen LogP contribution in [0.2, 0.25) is 0 Å². The van der Waals surface area contributed by atoms with E-state index in [2.05, 4.69) is 9.97 Å². The van der Waals surface area contributed by atoms with Gasteiger partial charge < -0.3 is 9.64 Å². The molecule has 0 aromatic carbocycles. The second-order valence-electron chi connectivity index (χ2n) is 3.36. The summed E-state index contributed by atoms with van der Waals surface area (Å²) in [6.07, 6.45) is 0. The Kier molecular flexibility index (Phi) is 4.22. The van der Waals surface area contributed by atoms with Crippen LogP contribution >= 0.6 is 0 Å². The number of nitrogens with zero attached hydrogens (tertiary/aromatic N) is 3. The molecule has 1 aromatic heterocycles. The first-order valence-corrected chi connectivity index (χ1v) is 5.31. The first kappa shape index (κ1) is 12.4. The number of hydrogen-bond acceptors (Lipinski definition) is 4. The van der Waals surface area contributed by atoms with Crippen LogP contribution in [-0.4, -0.2) is 41.0 Å². The second-order valence-corrected chi connectivity index (χ2v) is 3.36. The maximum Gasteiger partial charge on any atom is 0.317 e. The molecule has 0 aliphatic carbocycles. The molecular formula is C11H17N3O2. The van der Waals surface area contributed by atoms with Crippen LogP contribution in [0.1, 0.15) is 30.0 Å². The lowest BCUT2D eigenvalue weighted by molar-refractivity contribution is 0.0765. The molecule has 16 heavy (non-hydrogen) atoms. The Morgan fingerprint density at radius 3 is 2.50 bits per heavy atom. The van der Waals surface area contributed by atoms with Crippen molar-refractivity contribution in [3.63, 3.8) is 0 Å². The Hall–Kier alpha value is -1.65. The molecule has 0 atom stereocenters. The molecule has 0 saturated heterocycles. The first-order valence-electron chi connectivity index (χ1n) is 5.31. The van der Waals surface area contributed by atoms with Crippen LogP contribution in [0.3, 0.4) is 0 Å². The third kappa shape index (κ3) is 2.68. The van der Waals surface area contributed by atoms with Gasteiger partial charge in [0.1, 0.15) is 5.69 Å². The van der Waals surface area contributed by atoms with E-state index in [4.69, 9.17) is 4.74 Å². The summed E-state index contributed by atoms with van der Waals surface area (Å²) in [7, 11) is 1.49. The maximum atomic E-state index is 12.0. The number of amides is 1. The van der Waals surface area contributed by atoms with E-state index in [9.17, 15) is 4.79 Å². The normalized spacial score (nSPS) is 10.0. The molecule has 0 bridgehead atoms. The molecule has 1 rings (SSSR count). The van der Waals surface area contributed by atoms with Gasteiger partial charge in [0.15, 0.2) is 0 Å². The van der Waals surface area contributed by atoms with Crippen LogP contribution in [0.15, 0.2) is 6.07 Å². The van der Waals surface area contributed by atoms with Crippen molar-refractivity contribution in [2.45, 2.75) is 20.8 Å². The van der Waals surface area contributed by atoms with Gasteiger partial charge in [-0.25, -0.2) is 4.98 Å². The highest BCUT2D eigenvalue weighted by molar-refractivity contribution is 5.92. The highest BCUT2D eigenvalue weighted by atomic mass is 16.5. The van der Waals surface area contributed by atoms with Gasteiger partial charge >= 0.3 is 6.01 Å². The number of ether oxygens (including phenoxy) is 1. The third-order valence-electron chi connectivity index (χ3n) is 2.29. The SMILES string of the molecule is CCN(CC)C(=O)c1cc(C)nc(OC)n1. The molecule has 0 aliphatic rings. The van der Waals surface area contributed by atoms with Crippen LogP contribution in [0.5, 0.6) is 6.01 Å². The Balaban J connectivity index is 3.03. The Bertz CT molecular complexity index is 375. The van der Waals surface area contributed by atoms with Crippen molar-refractivity contribution in [1.29, 1.82) is 0 Å². The number of hydrogen-bond donors (Lipinski definition) is 0. The van der Waals surface area contributed by atoms with Gasteiger partial charge in [0.05, 0.1) is 7.11 Å². The Labute approximate surface area is 95.5 Å². The number of aromatic nitrogens is 2. The molecular weight excluding hydrogens is 206 g/mol. The fourth-order valence-electron chi connectivity index (χ4n) is 1.41. The van der Waals surface area contributed by atoms with Crippen LogP contribution < -0.4 is 4.74 Å². The minimum absolute atomic E-state index is 0.0891. The van der Waals surface area contributed by atoms with E-state index < -0.39 is 0 Å². The third-order valence-corrected chi connectivity index (χ3v) is 2.29. The van der Waals surface area contributed by atoms with E-state index in [-0.39, 0.29) is 11.9 Å². The highest BCUT2D eigenvalue weighted by Gasteiger charge is 2.15. The van der Waals surface area contributed by atoms with Gasteiger partial charge in [0.2, 0.25) is 0 Å². The maximum absolute atomic E-state index is 12.0. The predicted molar refractivity (Wildman–Crippen MR) is 60.6 cm³/mol. The van der Waals surface area contributed by atoms with Crippen molar-refractivity contribution in [2.75, 3.05) is 20.2 Å². The molecule has 1 heterocycles. The zero-order valence-electron chi connectivity index (χ0n) is 10.1. The zero-order chi connectivity index (χ0) is 12.1. The van der Waals surface area contributed by atoms with E-state index in [1.165, 1.54) is 7.11 Å². The van der Waals surface area contributed by atoms with Crippen molar-refractivity contribution >= 4 is 5.91 Å². The molecule has 0 fully saturated rings. The lowest BCUT2D eigenvalue weighted by Gasteiger charge is -2.18. The molecule has 5 nitrogen and oxygen atoms in total. The lowest BCUT2D eigenvalue weighted by Crippen LogP contribution is -2.31. The number of carbonyl (C=O) groups excluding carboxylic acids is 1. The number of carbonyl (C=O) groups is 1. The molecule has 1 aromatic rings. The van der Waals surface area contributed by atoms with Crippen LogP contribution in [-0.2, 0) is 0 Å². The predicted octanol–water partition coefficient (Wildman–Crippen LogP) is 1.28. The minimum Gasteiger partial charge on any atom is -0.467 e. The van der Waals surface area contributed by atoms with Gasteiger partial charge in [0, 0.05) is 18.8 Å². The van der Waals surface area contributed by atoms with Crippen LogP contribution in [0, 0.1) is 6.92 Å². The van der Waals surface area contributed by atoms with Crippen LogP contribution in [0.4, 0.5) is 0 Å². The van der Waals surface area contributed by atoms with E-state index >= 15 is 0 Å². The fraction of sp³-hybridized carbons (Fsp3) is 0.545. The summed E-state index contributed by atoms with van der Waals surface area (Å²) >= 11 is 0. The average molecular weight is 223 g/mol. The zero-order valence-corrected chi connectivity index (χ0v) is 10.1. The molecule has 0 saturated carbocycles. The topological polar surface area (TPSA) is 55.3 Å². The second kappa shape index (κ2) is 5.44. The minimum atomic E-state index is -0.0891. The van der Waals surface area contributed by atoms with Gasteiger partial charge in [0.25, 0.3) is 5.91 Å². The monoisotopic (exact) mass is 223 g/mol. The van der Waals surface area contributed by atoms with Crippen molar-refractivity contribution < 1.29 is 9.53 Å². The van der Waals surface area contributed by atoms with Crippen molar-refractivity contribution in [2.24, 2.45) is 0 Å². The number of rotatable bonds is 4. The molecule has 1 amide bonds. The molecule has 5 heteroatoms. The summed E-state index contributed by atoms with van der Waals surface area (Å²) in [6.45, 7) is 7.02. The van der Waals surface area contributed by atoms with Crippen LogP contribution in [0.25, 0.3) is 0 Å². The van der Waals surface area contributed by atoms with E-state index in [0.717, 1.165) is 5.69 Å². The van der Waals surface area contributed by atoms with Gasteiger partial charge in [-0.2, -0.15) is 4.98 Å². The summed E-state index contributed by atoms with van der Waals surface area (Å²) in [4.78, 5) is 21.8. The van der Waals surface area contributed by atoms with E-state index in [0.29, 0.717) is 18.8 Å². The van der Waals surface area contributed by atoms with Crippen molar-refractivity contribution in [3.8, 4) is 6.01 Å². The highest BCUT2D eigenvalue weighted by Crippen LogP contribution is 2.09. The molecule has 0 aliphatic heterocycles. The molecule has 0 radical (unpaired) electrons. The quantitative estimate of drug-likeness (QED) is 0.771. The molecule has 0 spiro atoms. The standard InChI is InChI=1S/C11H17N3O2/c1-5-14(6-2)10(15)9-7-8(3)12-11(13-9)16-4/h7H,5-6H2,1-4H3. The summed E-state index contributed by atoms with van der Waals surface area (Å²) in [5.74, 6) is -0.0891. The van der Waals surface area contributed by atoms with Gasteiger partial charge in [-0.1, -0.05) is 0 Å². The van der Waals surface area contributed by atoms with E-state index in [1.54, 1.807) is 11.0 Å². The summed E-state index contributed by atoms with van der Waals surface area (Å²) in [5.41, 5.74) is 1.11. The summed E-state index contributed by atoms with van der Waals surface area (Å²) in [5, 5.41) is 0. The molecule has 0 unspecified atom stereocenters.